The summed E-state index contributed by atoms with van der Waals surface area (Å²) in [5.41, 5.74) is 6.75. The highest BCUT2D eigenvalue weighted by molar-refractivity contribution is 5.14. The maximum atomic E-state index is 5.83. The fourth-order valence-corrected chi connectivity index (χ4v) is 1.57. The van der Waals surface area contributed by atoms with Crippen LogP contribution in [-0.2, 0) is 6.42 Å². The van der Waals surface area contributed by atoms with Gasteiger partial charge in [-0.15, -0.1) is 0 Å². The van der Waals surface area contributed by atoms with Crippen molar-refractivity contribution in [1.29, 1.82) is 0 Å². The zero-order valence-corrected chi connectivity index (χ0v) is 9.10. The van der Waals surface area contributed by atoms with Gasteiger partial charge >= 0.3 is 0 Å². The van der Waals surface area contributed by atoms with E-state index in [-0.39, 0.29) is 4.70 Å². The average molecular weight is 209 g/mol. The van der Waals surface area contributed by atoms with Crippen molar-refractivity contribution < 1.29 is 4.70 Å². The lowest BCUT2D eigenvalue weighted by atomic mass is 10.1. The zero-order chi connectivity index (χ0) is 11.1. The van der Waals surface area contributed by atoms with Crippen LogP contribution in [0.3, 0.4) is 0 Å². The van der Waals surface area contributed by atoms with Crippen molar-refractivity contribution in [2.24, 2.45) is 17.4 Å². The Bertz CT molecular complexity index is 271. The lowest BCUT2D eigenvalue weighted by molar-refractivity contribution is -0.950. The second kappa shape index (κ2) is 5.82. The number of benzene rings is 1. The van der Waals surface area contributed by atoms with Gasteiger partial charge in [-0.1, -0.05) is 30.3 Å². The highest BCUT2D eigenvalue weighted by atomic mass is 15.7. The van der Waals surface area contributed by atoms with Gasteiger partial charge in [-0.25, -0.2) is 0 Å². The fraction of sp³-hybridized carbons (Fsp3) is 0.455. The van der Waals surface area contributed by atoms with Gasteiger partial charge in [0, 0.05) is 13.0 Å². The zero-order valence-electron chi connectivity index (χ0n) is 9.10. The molecule has 0 amide bonds. The van der Waals surface area contributed by atoms with Crippen molar-refractivity contribution in [3.05, 3.63) is 35.9 Å². The molecule has 0 aliphatic heterocycles. The van der Waals surface area contributed by atoms with Crippen LogP contribution in [0.5, 0.6) is 0 Å². The van der Waals surface area contributed by atoms with Crippen molar-refractivity contribution in [2.75, 3.05) is 19.6 Å². The number of rotatable bonds is 6. The number of hydrogen-bond donors (Lipinski definition) is 3. The molecule has 0 aliphatic rings. The van der Waals surface area contributed by atoms with Crippen LogP contribution in [0.15, 0.2) is 30.3 Å². The average Bonchev–Trinajstić information content (AvgIpc) is 2.19. The van der Waals surface area contributed by atoms with Gasteiger partial charge in [0.1, 0.15) is 13.1 Å². The SMILES string of the molecule is NCC[N+](N)(N)CCCc1ccccc1. The Morgan fingerprint density at radius 3 is 2.27 bits per heavy atom. The number of aryl methyl sites for hydroxylation is 1. The molecule has 0 saturated heterocycles. The molecule has 15 heavy (non-hydrogen) atoms. The van der Waals surface area contributed by atoms with E-state index in [1.807, 2.05) is 18.2 Å². The van der Waals surface area contributed by atoms with Crippen LogP contribution < -0.4 is 17.4 Å². The van der Waals surface area contributed by atoms with Crippen LogP contribution in [-0.4, -0.2) is 24.3 Å². The smallest absolute Gasteiger partial charge is 0.127 e. The molecular weight excluding hydrogens is 188 g/mol. The molecule has 4 nitrogen and oxygen atoms in total. The molecule has 0 bridgehead atoms. The first-order chi connectivity index (χ1) is 7.14. The maximum Gasteiger partial charge on any atom is 0.127 e. The van der Waals surface area contributed by atoms with Gasteiger partial charge in [-0.3, -0.25) is 0 Å². The van der Waals surface area contributed by atoms with E-state index < -0.39 is 0 Å². The van der Waals surface area contributed by atoms with Gasteiger partial charge in [0.2, 0.25) is 0 Å². The standard InChI is InChI=1S/C11H21N4/c12-8-10-15(13,14)9-4-7-11-5-2-1-3-6-11/h1-3,5-6H,4,7-10,12-14H2/q+1. The van der Waals surface area contributed by atoms with Crippen molar-refractivity contribution in [1.82, 2.24) is 0 Å². The number of nitrogens with two attached hydrogens (primary N) is 3. The van der Waals surface area contributed by atoms with E-state index in [1.165, 1.54) is 5.56 Å². The first kappa shape index (κ1) is 12.1. The summed E-state index contributed by atoms with van der Waals surface area (Å²) in [4.78, 5) is 0. The van der Waals surface area contributed by atoms with Crippen molar-refractivity contribution in [3.63, 3.8) is 0 Å². The van der Waals surface area contributed by atoms with E-state index >= 15 is 0 Å². The van der Waals surface area contributed by atoms with E-state index in [2.05, 4.69) is 12.1 Å². The quantitative estimate of drug-likeness (QED) is 0.354. The first-order valence-corrected chi connectivity index (χ1v) is 5.32. The summed E-state index contributed by atoms with van der Waals surface area (Å²) in [7, 11) is 0. The summed E-state index contributed by atoms with van der Waals surface area (Å²) in [6.07, 6.45) is 2.00. The van der Waals surface area contributed by atoms with Crippen LogP contribution in [0.1, 0.15) is 12.0 Å². The Hall–Kier alpha value is -0.940. The van der Waals surface area contributed by atoms with Crippen LogP contribution in [0.25, 0.3) is 0 Å². The highest BCUT2D eigenvalue weighted by Crippen LogP contribution is 2.03. The van der Waals surface area contributed by atoms with E-state index in [9.17, 15) is 0 Å². The van der Waals surface area contributed by atoms with Crippen LogP contribution in [0, 0.1) is 0 Å². The largest absolute Gasteiger partial charge is 0.325 e. The van der Waals surface area contributed by atoms with Crippen molar-refractivity contribution >= 4 is 0 Å². The van der Waals surface area contributed by atoms with Crippen molar-refractivity contribution in [3.8, 4) is 0 Å². The summed E-state index contributed by atoms with van der Waals surface area (Å²) >= 11 is 0. The Labute approximate surface area is 91.2 Å². The van der Waals surface area contributed by atoms with Gasteiger partial charge in [-0.05, 0) is 12.0 Å². The Kier molecular flexibility index (Phi) is 4.71. The summed E-state index contributed by atoms with van der Waals surface area (Å²) < 4.78 is 0.0311. The van der Waals surface area contributed by atoms with E-state index in [0.29, 0.717) is 13.1 Å². The monoisotopic (exact) mass is 209 g/mol. The number of hydrogen-bond acceptors (Lipinski definition) is 3. The van der Waals surface area contributed by atoms with Gasteiger partial charge in [-0.2, -0.15) is 16.4 Å². The fourth-order valence-electron chi connectivity index (χ4n) is 1.57. The predicted molar refractivity (Wildman–Crippen MR) is 62.2 cm³/mol. The summed E-state index contributed by atoms with van der Waals surface area (Å²) in [5, 5.41) is 0. The van der Waals surface area contributed by atoms with Crippen molar-refractivity contribution in [2.45, 2.75) is 12.8 Å². The molecule has 1 aromatic carbocycles. The Morgan fingerprint density at radius 1 is 1.00 bits per heavy atom. The molecule has 0 unspecified atom stereocenters. The molecule has 0 fully saturated rings. The normalized spacial score (nSPS) is 11.7. The van der Waals surface area contributed by atoms with Gasteiger partial charge < -0.3 is 5.73 Å². The molecule has 0 spiro atoms. The molecule has 0 heterocycles. The second-order valence-electron chi connectivity index (χ2n) is 3.93. The Balaban J connectivity index is 2.27. The molecule has 0 aromatic heterocycles. The van der Waals surface area contributed by atoms with E-state index in [1.54, 1.807) is 0 Å². The minimum absolute atomic E-state index is 0.0311. The van der Waals surface area contributed by atoms with Gasteiger partial charge in [0.05, 0.1) is 0 Å². The minimum atomic E-state index is 0.0311. The number of quaternary nitrogens is 1. The Morgan fingerprint density at radius 2 is 1.67 bits per heavy atom. The molecule has 6 N–H and O–H groups in total. The lowest BCUT2D eigenvalue weighted by Crippen LogP contribution is -2.62. The number of nitrogens with zero attached hydrogens (tertiary/aromatic N) is 1. The lowest BCUT2D eigenvalue weighted by Gasteiger charge is -2.25. The minimum Gasteiger partial charge on any atom is -0.325 e. The molecule has 0 aliphatic carbocycles. The molecular formula is C11H21N4+. The third kappa shape index (κ3) is 4.90. The molecule has 0 atom stereocenters. The molecule has 0 saturated carbocycles. The van der Waals surface area contributed by atoms with Gasteiger partial charge in [0.15, 0.2) is 0 Å². The molecule has 0 radical (unpaired) electrons. The van der Waals surface area contributed by atoms with Crippen LogP contribution in [0.2, 0.25) is 0 Å². The summed E-state index contributed by atoms with van der Waals surface area (Å²) in [6, 6.07) is 10.3. The predicted octanol–water partition coefficient (Wildman–Crippen LogP) is 0.142. The van der Waals surface area contributed by atoms with E-state index in [4.69, 9.17) is 17.4 Å². The molecule has 4 heteroatoms. The third-order valence-electron chi connectivity index (χ3n) is 2.43. The third-order valence-corrected chi connectivity index (χ3v) is 2.43. The molecule has 1 rings (SSSR count). The molecule has 1 aromatic rings. The summed E-state index contributed by atoms with van der Waals surface area (Å²) in [5.74, 6) is 11.7. The van der Waals surface area contributed by atoms with Crippen LogP contribution >= 0.6 is 0 Å². The maximum absolute atomic E-state index is 5.83. The second-order valence-corrected chi connectivity index (χ2v) is 3.93. The van der Waals surface area contributed by atoms with Gasteiger partial charge in [0.25, 0.3) is 0 Å². The summed E-state index contributed by atoms with van der Waals surface area (Å²) in [6.45, 7) is 1.90. The van der Waals surface area contributed by atoms with Crippen LogP contribution in [0.4, 0.5) is 0 Å². The highest BCUT2D eigenvalue weighted by Gasteiger charge is 2.15. The van der Waals surface area contributed by atoms with E-state index in [0.717, 1.165) is 19.4 Å². The topological polar surface area (TPSA) is 78.1 Å². The molecule has 84 valence electrons. The first-order valence-electron chi connectivity index (χ1n) is 5.32.